The van der Waals surface area contributed by atoms with Crippen LogP contribution in [0.15, 0.2) is 36.5 Å². The Morgan fingerprint density at radius 3 is 2.60 bits per heavy atom. The molecule has 0 bridgehead atoms. The molecule has 0 N–H and O–H groups in total. The van der Waals surface area contributed by atoms with Gasteiger partial charge in [0.15, 0.2) is 0 Å². The Kier molecular flexibility index (Phi) is 4.09. The molecule has 0 fully saturated rings. The minimum atomic E-state index is -0.550. The van der Waals surface area contributed by atoms with Gasteiger partial charge >= 0.3 is 11.8 Å². The smallest absolute Gasteiger partial charge is 0.390 e. The first-order chi connectivity index (χ1) is 9.60. The van der Waals surface area contributed by atoms with Crippen molar-refractivity contribution in [2.45, 2.75) is 13.3 Å². The minimum absolute atomic E-state index is 0.202. The number of esters is 1. The summed E-state index contributed by atoms with van der Waals surface area (Å²) in [7, 11) is 0. The van der Waals surface area contributed by atoms with Crippen molar-refractivity contribution in [1.82, 2.24) is 9.78 Å². The average molecular weight is 275 g/mol. The molecule has 104 valence electrons. The third kappa shape index (κ3) is 3.19. The molecule has 0 radical (unpaired) electrons. The number of rotatable bonds is 5. The fourth-order valence-electron chi connectivity index (χ4n) is 1.70. The van der Waals surface area contributed by atoms with Crippen LogP contribution in [-0.4, -0.2) is 27.3 Å². The quantitative estimate of drug-likeness (QED) is 0.472. The molecule has 0 aliphatic rings. The highest BCUT2D eigenvalue weighted by atomic mass is 16.6. The summed E-state index contributed by atoms with van der Waals surface area (Å²) >= 11 is 0. The molecule has 7 nitrogen and oxygen atoms in total. The first-order valence-corrected chi connectivity index (χ1v) is 6.05. The van der Waals surface area contributed by atoms with Crippen molar-refractivity contribution in [1.29, 1.82) is 0 Å². The second kappa shape index (κ2) is 5.96. The van der Waals surface area contributed by atoms with Gasteiger partial charge in [0, 0.05) is 0 Å². The Bertz CT molecular complexity index is 619. The number of nitro groups is 1. The maximum absolute atomic E-state index is 11.3. The van der Waals surface area contributed by atoms with E-state index < -0.39 is 4.92 Å². The van der Waals surface area contributed by atoms with Crippen LogP contribution in [0.5, 0.6) is 0 Å². The molecule has 0 aliphatic carbocycles. The first-order valence-electron chi connectivity index (χ1n) is 6.05. The first kappa shape index (κ1) is 13.7. The number of benzene rings is 1. The van der Waals surface area contributed by atoms with E-state index in [1.54, 1.807) is 31.2 Å². The maximum atomic E-state index is 11.3. The van der Waals surface area contributed by atoms with Gasteiger partial charge in [-0.3, -0.25) is 4.79 Å². The Morgan fingerprint density at radius 2 is 2.05 bits per heavy atom. The zero-order valence-electron chi connectivity index (χ0n) is 10.9. The standard InChI is InChI=1S/C13H13N3O4/c1-2-20-13(17)9-10-3-5-11(6-4-10)15-8-7-12(14-15)16(18)19/h3-8H,2,9H2,1H3. The van der Waals surface area contributed by atoms with Crippen LogP contribution in [-0.2, 0) is 16.0 Å². The monoisotopic (exact) mass is 275 g/mol. The lowest BCUT2D eigenvalue weighted by molar-refractivity contribution is -0.389. The van der Waals surface area contributed by atoms with Crippen LogP contribution in [0.4, 0.5) is 5.82 Å². The van der Waals surface area contributed by atoms with Gasteiger partial charge in [-0.25, -0.2) is 0 Å². The van der Waals surface area contributed by atoms with Crippen molar-refractivity contribution in [3.8, 4) is 5.69 Å². The average Bonchev–Trinajstić information content (AvgIpc) is 2.89. The maximum Gasteiger partial charge on any atom is 0.390 e. The van der Waals surface area contributed by atoms with Crippen molar-refractivity contribution in [2.75, 3.05) is 6.61 Å². The number of carbonyl (C=O) groups is 1. The second-order valence-electron chi connectivity index (χ2n) is 4.02. The minimum Gasteiger partial charge on any atom is -0.466 e. The van der Waals surface area contributed by atoms with Crippen molar-refractivity contribution in [3.05, 3.63) is 52.2 Å². The summed E-state index contributed by atoms with van der Waals surface area (Å²) in [6, 6.07) is 8.34. The lowest BCUT2D eigenvalue weighted by Crippen LogP contribution is -2.07. The highest BCUT2D eigenvalue weighted by Gasteiger charge is 2.12. The molecular weight excluding hydrogens is 262 g/mol. The molecule has 2 aromatic rings. The molecule has 0 aliphatic heterocycles. The molecule has 2 rings (SSSR count). The summed E-state index contributed by atoms with van der Waals surface area (Å²) in [5.74, 6) is -0.490. The normalized spacial score (nSPS) is 10.2. The molecule has 1 aromatic heterocycles. The van der Waals surface area contributed by atoms with E-state index in [-0.39, 0.29) is 18.2 Å². The van der Waals surface area contributed by atoms with Gasteiger partial charge in [0.25, 0.3) is 0 Å². The molecule has 0 atom stereocenters. The lowest BCUT2D eigenvalue weighted by atomic mass is 10.1. The fourth-order valence-corrected chi connectivity index (χ4v) is 1.70. The molecule has 1 heterocycles. The van der Waals surface area contributed by atoms with Gasteiger partial charge in [-0.1, -0.05) is 12.1 Å². The summed E-state index contributed by atoms with van der Waals surface area (Å²) in [6.07, 6.45) is 1.71. The molecule has 0 spiro atoms. The van der Waals surface area contributed by atoms with E-state index in [4.69, 9.17) is 4.74 Å². The van der Waals surface area contributed by atoms with Crippen LogP contribution in [0.3, 0.4) is 0 Å². The van der Waals surface area contributed by atoms with Crippen LogP contribution >= 0.6 is 0 Å². The zero-order valence-corrected chi connectivity index (χ0v) is 10.9. The molecular formula is C13H13N3O4. The van der Waals surface area contributed by atoms with Crippen molar-refractivity contribution >= 4 is 11.8 Å². The van der Waals surface area contributed by atoms with Crippen LogP contribution in [0.1, 0.15) is 12.5 Å². The van der Waals surface area contributed by atoms with Crippen molar-refractivity contribution < 1.29 is 14.5 Å². The van der Waals surface area contributed by atoms with Crippen molar-refractivity contribution in [2.24, 2.45) is 0 Å². The third-order valence-corrected chi connectivity index (χ3v) is 2.62. The third-order valence-electron chi connectivity index (χ3n) is 2.62. The van der Waals surface area contributed by atoms with E-state index in [2.05, 4.69) is 5.10 Å². The summed E-state index contributed by atoms with van der Waals surface area (Å²) in [5, 5.41) is 14.4. The summed E-state index contributed by atoms with van der Waals surface area (Å²) in [5.41, 5.74) is 1.50. The highest BCUT2D eigenvalue weighted by molar-refractivity contribution is 5.72. The fraction of sp³-hybridized carbons (Fsp3) is 0.231. The number of ether oxygens (including phenoxy) is 1. The molecule has 1 aromatic carbocycles. The number of aromatic nitrogens is 2. The highest BCUT2D eigenvalue weighted by Crippen LogP contribution is 2.13. The number of nitrogens with zero attached hydrogens (tertiary/aromatic N) is 3. The Hall–Kier alpha value is -2.70. The van der Waals surface area contributed by atoms with Gasteiger partial charge in [-0.2, -0.15) is 0 Å². The Morgan fingerprint density at radius 1 is 1.35 bits per heavy atom. The lowest BCUT2D eigenvalue weighted by Gasteiger charge is -2.03. The van der Waals surface area contributed by atoms with Gasteiger partial charge < -0.3 is 14.9 Å². The summed E-state index contributed by atoms with van der Waals surface area (Å²) in [4.78, 5) is 21.3. The van der Waals surface area contributed by atoms with E-state index in [1.165, 1.54) is 16.9 Å². The Labute approximate surface area is 114 Å². The van der Waals surface area contributed by atoms with E-state index in [0.717, 1.165) is 5.56 Å². The predicted octanol–water partition coefficient (Wildman–Crippen LogP) is 1.89. The Balaban J connectivity index is 2.11. The van der Waals surface area contributed by atoms with Crippen LogP contribution in [0.2, 0.25) is 0 Å². The summed E-state index contributed by atoms with van der Waals surface area (Å²) < 4.78 is 6.27. The van der Waals surface area contributed by atoms with E-state index >= 15 is 0 Å². The van der Waals surface area contributed by atoms with Gasteiger partial charge in [-0.05, 0) is 29.5 Å². The zero-order chi connectivity index (χ0) is 14.5. The van der Waals surface area contributed by atoms with Crippen LogP contribution in [0, 0.1) is 10.1 Å². The van der Waals surface area contributed by atoms with Crippen LogP contribution in [0.25, 0.3) is 5.69 Å². The van der Waals surface area contributed by atoms with Gasteiger partial charge in [0.2, 0.25) is 0 Å². The van der Waals surface area contributed by atoms with Crippen molar-refractivity contribution in [3.63, 3.8) is 0 Å². The molecule has 0 unspecified atom stereocenters. The number of hydrogen-bond acceptors (Lipinski definition) is 5. The molecule has 20 heavy (non-hydrogen) atoms. The molecule has 0 saturated carbocycles. The second-order valence-corrected chi connectivity index (χ2v) is 4.02. The van der Waals surface area contributed by atoms with Gasteiger partial charge in [-0.15, -0.1) is 4.68 Å². The SMILES string of the molecule is CCOC(=O)Cc1ccc(-n2ccc([N+](=O)[O-])n2)cc1. The van der Waals surface area contributed by atoms with E-state index in [0.29, 0.717) is 12.3 Å². The van der Waals surface area contributed by atoms with Crippen LogP contribution < -0.4 is 0 Å². The van der Waals surface area contributed by atoms with Gasteiger partial charge in [0.1, 0.15) is 0 Å². The van der Waals surface area contributed by atoms with E-state index in [9.17, 15) is 14.9 Å². The number of hydrogen-bond donors (Lipinski definition) is 0. The number of carbonyl (C=O) groups excluding carboxylic acids is 1. The van der Waals surface area contributed by atoms with Gasteiger partial charge in [0.05, 0.1) is 36.1 Å². The topological polar surface area (TPSA) is 87.3 Å². The van der Waals surface area contributed by atoms with E-state index in [1.807, 2.05) is 0 Å². The predicted molar refractivity (Wildman–Crippen MR) is 70.6 cm³/mol. The molecule has 0 amide bonds. The molecule has 0 saturated heterocycles. The summed E-state index contributed by atoms with van der Waals surface area (Å²) in [6.45, 7) is 2.11. The largest absolute Gasteiger partial charge is 0.466 e. The molecule has 7 heteroatoms.